The number of carbonyl (C=O) groups is 1. The maximum Gasteiger partial charge on any atom is 0.256 e. The molecule has 0 aromatic heterocycles. The smallest absolute Gasteiger partial charge is 0.256 e. The molecule has 1 N–H and O–H groups in total. The van der Waals surface area contributed by atoms with E-state index < -0.39 is 5.82 Å². The summed E-state index contributed by atoms with van der Waals surface area (Å²) in [5.41, 5.74) is 1.57. The minimum absolute atomic E-state index is 0.140. The van der Waals surface area contributed by atoms with Crippen molar-refractivity contribution in [3.8, 4) is 0 Å². The fraction of sp³-hybridized carbons (Fsp3) is 0.0714. The first kappa shape index (κ1) is 14.2. The normalized spacial score (nSPS) is 10.3. The van der Waals surface area contributed by atoms with E-state index in [0.29, 0.717) is 14.5 Å². The van der Waals surface area contributed by atoms with Gasteiger partial charge in [-0.15, -0.1) is 0 Å². The van der Waals surface area contributed by atoms with E-state index in [9.17, 15) is 9.18 Å². The zero-order valence-corrected chi connectivity index (χ0v) is 13.2. The molecule has 0 saturated carbocycles. The highest BCUT2D eigenvalue weighted by molar-refractivity contribution is 9.11. The van der Waals surface area contributed by atoms with Gasteiger partial charge in [-0.05, 0) is 63.0 Å². The minimum Gasteiger partial charge on any atom is -0.318 e. The monoisotopic (exact) mass is 385 g/mol. The van der Waals surface area contributed by atoms with Gasteiger partial charge >= 0.3 is 0 Å². The number of anilines is 1. The Labute approximate surface area is 127 Å². The number of rotatable bonds is 2. The first-order valence-electron chi connectivity index (χ1n) is 5.50. The number of amides is 1. The summed E-state index contributed by atoms with van der Waals surface area (Å²) in [5.74, 6) is -0.840. The molecule has 0 saturated heterocycles. The fourth-order valence-electron chi connectivity index (χ4n) is 1.61. The van der Waals surface area contributed by atoms with Gasteiger partial charge in [0.2, 0.25) is 0 Å². The zero-order chi connectivity index (χ0) is 14.0. The van der Waals surface area contributed by atoms with E-state index in [1.807, 2.05) is 13.0 Å². The van der Waals surface area contributed by atoms with E-state index >= 15 is 0 Å². The maximum atomic E-state index is 13.6. The van der Waals surface area contributed by atoms with Crippen molar-refractivity contribution < 1.29 is 9.18 Å². The molecular weight excluding hydrogens is 377 g/mol. The van der Waals surface area contributed by atoms with Crippen molar-refractivity contribution in [3.63, 3.8) is 0 Å². The Balaban J connectivity index is 2.34. The molecule has 0 unspecified atom stereocenters. The standard InChI is InChI=1S/C14H10Br2FNO/c1-8-5-6-10(15)9(7-8)14(19)18-13-11(16)3-2-4-12(13)17/h2-7H,1H3,(H,18,19). The molecular formula is C14H10Br2FNO. The zero-order valence-electron chi connectivity index (χ0n) is 10.0. The lowest BCUT2D eigenvalue weighted by Gasteiger charge is -2.10. The highest BCUT2D eigenvalue weighted by Gasteiger charge is 2.14. The first-order valence-corrected chi connectivity index (χ1v) is 7.09. The lowest BCUT2D eigenvalue weighted by atomic mass is 10.1. The van der Waals surface area contributed by atoms with Crippen molar-refractivity contribution in [2.24, 2.45) is 0 Å². The Morgan fingerprint density at radius 2 is 1.89 bits per heavy atom. The molecule has 0 aliphatic rings. The lowest BCUT2D eigenvalue weighted by molar-refractivity contribution is 0.102. The van der Waals surface area contributed by atoms with E-state index in [1.165, 1.54) is 6.07 Å². The van der Waals surface area contributed by atoms with Gasteiger partial charge in [-0.3, -0.25) is 4.79 Å². The van der Waals surface area contributed by atoms with Crippen molar-refractivity contribution >= 4 is 43.5 Å². The topological polar surface area (TPSA) is 29.1 Å². The number of aryl methyl sites for hydroxylation is 1. The molecule has 5 heteroatoms. The van der Waals surface area contributed by atoms with E-state index in [2.05, 4.69) is 37.2 Å². The molecule has 0 radical (unpaired) electrons. The van der Waals surface area contributed by atoms with Crippen LogP contribution in [-0.2, 0) is 0 Å². The summed E-state index contributed by atoms with van der Waals surface area (Å²) in [6.45, 7) is 1.89. The van der Waals surface area contributed by atoms with Gasteiger partial charge in [0.05, 0.1) is 11.3 Å². The molecule has 0 bridgehead atoms. The van der Waals surface area contributed by atoms with Gasteiger partial charge in [-0.25, -0.2) is 4.39 Å². The van der Waals surface area contributed by atoms with Gasteiger partial charge in [0.1, 0.15) is 5.82 Å². The summed E-state index contributed by atoms with van der Waals surface area (Å²) in [4.78, 5) is 12.2. The Morgan fingerprint density at radius 3 is 2.58 bits per heavy atom. The third kappa shape index (κ3) is 3.22. The molecule has 19 heavy (non-hydrogen) atoms. The van der Waals surface area contributed by atoms with Crippen LogP contribution in [0.1, 0.15) is 15.9 Å². The van der Waals surface area contributed by atoms with Crippen molar-refractivity contribution in [1.29, 1.82) is 0 Å². The lowest BCUT2D eigenvalue weighted by Crippen LogP contribution is -2.14. The Morgan fingerprint density at radius 1 is 1.16 bits per heavy atom. The third-order valence-electron chi connectivity index (χ3n) is 2.57. The Bertz CT molecular complexity index is 623. The summed E-state index contributed by atoms with van der Waals surface area (Å²) in [6, 6.07) is 9.96. The number of hydrogen-bond acceptors (Lipinski definition) is 1. The number of carbonyl (C=O) groups excluding carboxylic acids is 1. The third-order valence-corrected chi connectivity index (χ3v) is 3.92. The molecule has 1 amide bonds. The average Bonchev–Trinajstić information content (AvgIpc) is 2.37. The quantitative estimate of drug-likeness (QED) is 0.780. The van der Waals surface area contributed by atoms with E-state index in [0.717, 1.165) is 5.56 Å². The van der Waals surface area contributed by atoms with Gasteiger partial charge < -0.3 is 5.32 Å². The summed E-state index contributed by atoms with van der Waals surface area (Å²) in [7, 11) is 0. The summed E-state index contributed by atoms with van der Waals surface area (Å²) in [5, 5.41) is 2.57. The summed E-state index contributed by atoms with van der Waals surface area (Å²) in [6.07, 6.45) is 0. The van der Waals surface area contributed by atoms with Crippen molar-refractivity contribution in [2.45, 2.75) is 6.92 Å². The second-order valence-corrected chi connectivity index (χ2v) is 5.74. The van der Waals surface area contributed by atoms with Gasteiger partial charge in [-0.2, -0.15) is 0 Å². The van der Waals surface area contributed by atoms with Gasteiger partial charge in [0, 0.05) is 8.95 Å². The summed E-state index contributed by atoms with van der Waals surface area (Å²) >= 11 is 6.53. The number of hydrogen-bond donors (Lipinski definition) is 1. The minimum atomic E-state index is -0.480. The van der Waals surface area contributed by atoms with E-state index in [4.69, 9.17) is 0 Å². The molecule has 0 spiro atoms. The molecule has 2 nitrogen and oxygen atoms in total. The average molecular weight is 387 g/mol. The Hall–Kier alpha value is -1.20. The predicted octanol–water partition coefficient (Wildman–Crippen LogP) is 4.91. The molecule has 2 aromatic rings. The van der Waals surface area contributed by atoms with Crippen LogP contribution < -0.4 is 5.32 Å². The number of halogens is 3. The largest absolute Gasteiger partial charge is 0.318 e. The highest BCUT2D eigenvalue weighted by Crippen LogP contribution is 2.27. The molecule has 0 fully saturated rings. The number of para-hydroxylation sites is 1. The summed E-state index contributed by atoms with van der Waals surface area (Å²) < 4.78 is 14.8. The van der Waals surface area contributed by atoms with Crippen LogP contribution in [-0.4, -0.2) is 5.91 Å². The van der Waals surface area contributed by atoms with Crippen LogP contribution >= 0.6 is 31.9 Å². The van der Waals surface area contributed by atoms with Gasteiger partial charge in [0.15, 0.2) is 0 Å². The van der Waals surface area contributed by atoms with Crippen molar-refractivity contribution in [2.75, 3.05) is 5.32 Å². The Kier molecular flexibility index (Phi) is 4.37. The maximum absolute atomic E-state index is 13.6. The molecule has 0 atom stereocenters. The molecule has 98 valence electrons. The van der Waals surface area contributed by atoms with E-state index in [1.54, 1.807) is 24.3 Å². The fourth-order valence-corrected chi connectivity index (χ4v) is 2.48. The van der Waals surface area contributed by atoms with Crippen LogP contribution in [0.15, 0.2) is 45.3 Å². The van der Waals surface area contributed by atoms with Crippen molar-refractivity contribution in [3.05, 3.63) is 62.3 Å². The van der Waals surface area contributed by atoms with Crippen molar-refractivity contribution in [1.82, 2.24) is 0 Å². The molecule has 2 aromatic carbocycles. The van der Waals surface area contributed by atoms with Gasteiger partial charge in [0.25, 0.3) is 5.91 Å². The van der Waals surface area contributed by atoms with Crippen LogP contribution in [0, 0.1) is 12.7 Å². The highest BCUT2D eigenvalue weighted by atomic mass is 79.9. The molecule has 2 rings (SSSR count). The van der Waals surface area contributed by atoms with Gasteiger partial charge in [-0.1, -0.05) is 17.7 Å². The SMILES string of the molecule is Cc1ccc(Br)c(C(=O)Nc2c(F)cccc2Br)c1. The molecule has 0 heterocycles. The predicted molar refractivity (Wildman–Crippen MR) is 80.9 cm³/mol. The second-order valence-electron chi connectivity index (χ2n) is 4.03. The molecule has 0 aliphatic heterocycles. The van der Waals surface area contributed by atoms with Crippen LogP contribution in [0.2, 0.25) is 0 Å². The van der Waals surface area contributed by atoms with E-state index in [-0.39, 0.29) is 11.6 Å². The molecule has 0 aliphatic carbocycles. The first-order chi connectivity index (χ1) is 8.99. The second kappa shape index (κ2) is 5.84. The van der Waals surface area contributed by atoms with Crippen LogP contribution in [0.4, 0.5) is 10.1 Å². The number of nitrogens with one attached hydrogen (secondary N) is 1. The van der Waals surface area contributed by atoms with Crippen LogP contribution in [0.3, 0.4) is 0 Å². The van der Waals surface area contributed by atoms with Crippen LogP contribution in [0.5, 0.6) is 0 Å². The van der Waals surface area contributed by atoms with Crippen LogP contribution in [0.25, 0.3) is 0 Å². The number of benzene rings is 2.